The number of halogens is 3. The first-order valence-corrected chi connectivity index (χ1v) is 6.88. The third kappa shape index (κ3) is 3.13. The fourth-order valence-electron chi connectivity index (χ4n) is 1.48. The van der Waals surface area contributed by atoms with E-state index in [1.165, 1.54) is 0 Å². The van der Waals surface area contributed by atoms with Gasteiger partial charge in [-0.05, 0) is 41.1 Å². The molecule has 0 spiro atoms. The second-order valence-corrected chi connectivity index (χ2v) is 5.31. The standard InChI is InChI=1S/C12H10BrCl2N3/c1-2-16-12-10(13)6-17-11(18-12)7-3-8(14)5-9(15)4-7/h3-6H,2H2,1H3,(H,16,17,18). The molecular weight excluding hydrogens is 337 g/mol. The molecule has 18 heavy (non-hydrogen) atoms. The maximum Gasteiger partial charge on any atom is 0.161 e. The molecule has 0 amide bonds. The van der Waals surface area contributed by atoms with Gasteiger partial charge in [-0.3, -0.25) is 0 Å². The molecule has 2 aromatic rings. The Balaban J connectivity index is 2.47. The molecule has 1 aromatic carbocycles. The molecule has 94 valence electrons. The molecule has 0 radical (unpaired) electrons. The van der Waals surface area contributed by atoms with Gasteiger partial charge in [0.2, 0.25) is 0 Å². The van der Waals surface area contributed by atoms with Crippen LogP contribution >= 0.6 is 39.1 Å². The van der Waals surface area contributed by atoms with Crippen LogP contribution in [0.5, 0.6) is 0 Å². The molecule has 1 N–H and O–H groups in total. The van der Waals surface area contributed by atoms with Crippen molar-refractivity contribution in [2.75, 3.05) is 11.9 Å². The lowest BCUT2D eigenvalue weighted by Gasteiger charge is -2.07. The van der Waals surface area contributed by atoms with Crippen molar-refractivity contribution in [1.29, 1.82) is 0 Å². The monoisotopic (exact) mass is 345 g/mol. The lowest BCUT2D eigenvalue weighted by atomic mass is 10.2. The van der Waals surface area contributed by atoms with Crippen molar-refractivity contribution in [2.24, 2.45) is 0 Å². The maximum absolute atomic E-state index is 5.97. The number of hydrogen-bond donors (Lipinski definition) is 1. The van der Waals surface area contributed by atoms with Crippen molar-refractivity contribution in [3.05, 3.63) is 38.9 Å². The number of anilines is 1. The number of rotatable bonds is 3. The van der Waals surface area contributed by atoms with Crippen LogP contribution in [0, 0.1) is 0 Å². The quantitative estimate of drug-likeness (QED) is 0.879. The summed E-state index contributed by atoms with van der Waals surface area (Å²) in [7, 11) is 0. The van der Waals surface area contributed by atoms with Crippen LogP contribution in [0.4, 0.5) is 5.82 Å². The van der Waals surface area contributed by atoms with Crippen LogP contribution in [0.25, 0.3) is 11.4 Å². The SMILES string of the molecule is CCNc1nc(-c2cc(Cl)cc(Cl)c2)ncc1Br. The van der Waals surface area contributed by atoms with Crippen LogP contribution < -0.4 is 5.32 Å². The maximum atomic E-state index is 5.97. The second kappa shape index (κ2) is 5.87. The van der Waals surface area contributed by atoms with E-state index in [2.05, 4.69) is 31.2 Å². The van der Waals surface area contributed by atoms with Crippen molar-refractivity contribution < 1.29 is 0 Å². The largest absolute Gasteiger partial charge is 0.369 e. The van der Waals surface area contributed by atoms with Crippen molar-refractivity contribution in [2.45, 2.75) is 6.92 Å². The zero-order valence-electron chi connectivity index (χ0n) is 9.54. The number of benzene rings is 1. The molecule has 1 heterocycles. The summed E-state index contributed by atoms with van der Waals surface area (Å²) in [6.07, 6.45) is 1.70. The summed E-state index contributed by atoms with van der Waals surface area (Å²) >= 11 is 15.3. The highest BCUT2D eigenvalue weighted by molar-refractivity contribution is 9.10. The fraction of sp³-hybridized carbons (Fsp3) is 0.167. The van der Waals surface area contributed by atoms with Gasteiger partial charge in [-0.1, -0.05) is 23.2 Å². The van der Waals surface area contributed by atoms with E-state index in [9.17, 15) is 0 Å². The molecular formula is C12H10BrCl2N3. The Kier molecular flexibility index (Phi) is 4.43. The van der Waals surface area contributed by atoms with E-state index in [0.717, 1.165) is 22.4 Å². The molecule has 0 unspecified atom stereocenters. The van der Waals surface area contributed by atoms with Gasteiger partial charge >= 0.3 is 0 Å². The van der Waals surface area contributed by atoms with E-state index in [1.54, 1.807) is 24.4 Å². The molecule has 6 heteroatoms. The Morgan fingerprint density at radius 3 is 2.50 bits per heavy atom. The third-order valence-corrected chi connectivity index (χ3v) is 3.23. The third-order valence-electron chi connectivity index (χ3n) is 2.21. The highest BCUT2D eigenvalue weighted by atomic mass is 79.9. The zero-order valence-corrected chi connectivity index (χ0v) is 12.6. The van der Waals surface area contributed by atoms with Gasteiger partial charge in [-0.15, -0.1) is 0 Å². The van der Waals surface area contributed by atoms with Gasteiger partial charge in [0.05, 0.1) is 4.47 Å². The summed E-state index contributed by atoms with van der Waals surface area (Å²) in [5, 5.41) is 4.28. The summed E-state index contributed by atoms with van der Waals surface area (Å²) in [4.78, 5) is 8.69. The topological polar surface area (TPSA) is 37.8 Å². The molecule has 0 aliphatic rings. The Labute approximate surface area is 124 Å². The number of nitrogens with zero attached hydrogens (tertiary/aromatic N) is 2. The Morgan fingerprint density at radius 1 is 1.22 bits per heavy atom. The van der Waals surface area contributed by atoms with Crippen LogP contribution in [0.3, 0.4) is 0 Å². The Hall–Kier alpha value is -0.840. The molecule has 3 nitrogen and oxygen atoms in total. The number of nitrogens with one attached hydrogen (secondary N) is 1. The lowest BCUT2D eigenvalue weighted by Crippen LogP contribution is -2.02. The van der Waals surface area contributed by atoms with E-state index < -0.39 is 0 Å². The van der Waals surface area contributed by atoms with E-state index in [1.807, 2.05) is 6.92 Å². The minimum atomic E-state index is 0.564. The highest BCUT2D eigenvalue weighted by Crippen LogP contribution is 2.27. The Morgan fingerprint density at radius 2 is 1.89 bits per heavy atom. The van der Waals surface area contributed by atoms with E-state index in [0.29, 0.717) is 15.9 Å². The summed E-state index contributed by atoms with van der Waals surface area (Å²) in [5.74, 6) is 1.33. The normalized spacial score (nSPS) is 10.4. The molecule has 0 fully saturated rings. The summed E-state index contributed by atoms with van der Waals surface area (Å²) < 4.78 is 0.821. The van der Waals surface area contributed by atoms with Crippen LogP contribution in [-0.2, 0) is 0 Å². The average molecular weight is 347 g/mol. The van der Waals surface area contributed by atoms with Crippen LogP contribution in [0.2, 0.25) is 10.0 Å². The predicted octanol–water partition coefficient (Wildman–Crippen LogP) is 4.64. The van der Waals surface area contributed by atoms with Crippen molar-refractivity contribution in [3.63, 3.8) is 0 Å². The fourth-order valence-corrected chi connectivity index (χ4v) is 2.34. The van der Waals surface area contributed by atoms with E-state index >= 15 is 0 Å². The molecule has 0 aliphatic carbocycles. The molecule has 0 saturated heterocycles. The minimum absolute atomic E-state index is 0.564. The predicted molar refractivity (Wildman–Crippen MR) is 79.4 cm³/mol. The van der Waals surface area contributed by atoms with Crippen LogP contribution in [0.15, 0.2) is 28.9 Å². The zero-order chi connectivity index (χ0) is 13.1. The minimum Gasteiger partial charge on any atom is -0.369 e. The molecule has 0 atom stereocenters. The number of aromatic nitrogens is 2. The smallest absolute Gasteiger partial charge is 0.161 e. The van der Waals surface area contributed by atoms with Crippen molar-refractivity contribution >= 4 is 44.9 Å². The van der Waals surface area contributed by atoms with Crippen LogP contribution in [0.1, 0.15) is 6.92 Å². The first-order chi connectivity index (χ1) is 8.60. The summed E-state index contributed by atoms with van der Waals surface area (Å²) in [5.41, 5.74) is 0.791. The number of hydrogen-bond acceptors (Lipinski definition) is 3. The molecule has 0 aliphatic heterocycles. The Bertz CT molecular complexity index is 555. The van der Waals surface area contributed by atoms with Gasteiger partial charge in [-0.2, -0.15) is 0 Å². The van der Waals surface area contributed by atoms with Gasteiger partial charge in [0, 0.05) is 28.4 Å². The summed E-state index contributed by atoms with van der Waals surface area (Å²) in [6.45, 7) is 2.79. The molecule has 0 saturated carbocycles. The van der Waals surface area contributed by atoms with Gasteiger partial charge in [-0.25, -0.2) is 9.97 Å². The van der Waals surface area contributed by atoms with Gasteiger partial charge in [0.15, 0.2) is 5.82 Å². The van der Waals surface area contributed by atoms with Gasteiger partial charge in [0.25, 0.3) is 0 Å². The molecule has 1 aromatic heterocycles. The summed E-state index contributed by atoms with van der Waals surface area (Å²) in [6, 6.07) is 5.25. The van der Waals surface area contributed by atoms with Crippen molar-refractivity contribution in [1.82, 2.24) is 9.97 Å². The highest BCUT2D eigenvalue weighted by Gasteiger charge is 2.08. The first-order valence-electron chi connectivity index (χ1n) is 5.33. The van der Waals surface area contributed by atoms with Gasteiger partial charge in [0.1, 0.15) is 5.82 Å². The van der Waals surface area contributed by atoms with Crippen LogP contribution in [-0.4, -0.2) is 16.5 Å². The van der Waals surface area contributed by atoms with Crippen molar-refractivity contribution in [3.8, 4) is 11.4 Å². The van der Waals surface area contributed by atoms with E-state index in [-0.39, 0.29) is 0 Å². The first kappa shape index (κ1) is 13.6. The van der Waals surface area contributed by atoms with E-state index in [4.69, 9.17) is 23.2 Å². The average Bonchev–Trinajstić information content (AvgIpc) is 2.31. The molecule has 0 bridgehead atoms. The lowest BCUT2D eigenvalue weighted by molar-refractivity contribution is 1.10. The second-order valence-electron chi connectivity index (χ2n) is 3.58. The molecule has 2 rings (SSSR count). The van der Waals surface area contributed by atoms with Gasteiger partial charge < -0.3 is 5.32 Å².